The number of hydrogen-bond donors (Lipinski definition) is 1. The molecule has 170 valence electrons. The highest BCUT2D eigenvalue weighted by Crippen LogP contribution is 2.23. The molecule has 0 bridgehead atoms. The molecular weight excluding hydrogens is 451 g/mol. The molecular formula is C23H26Cl2N4O3. The molecule has 4 rings (SSSR count). The number of methoxy groups -OCH3 is 1. The molecule has 1 atom stereocenters. The van der Waals surface area contributed by atoms with E-state index in [1.165, 1.54) is 0 Å². The predicted molar refractivity (Wildman–Crippen MR) is 128 cm³/mol. The van der Waals surface area contributed by atoms with Crippen LogP contribution in [0.5, 0.6) is 11.5 Å². The molecule has 7 nitrogen and oxygen atoms in total. The van der Waals surface area contributed by atoms with Crippen molar-refractivity contribution in [3.05, 3.63) is 72.7 Å². The lowest BCUT2D eigenvalue weighted by Crippen LogP contribution is -2.56. The van der Waals surface area contributed by atoms with E-state index in [4.69, 9.17) is 9.47 Å². The number of carbonyl (C=O) groups is 1. The van der Waals surface area contributed by atoms with Crippen molar-refractivity contribution in [2.45, 2.75) is 6.04 Å². The first-order valence-corrected chi connectivity index (χ1v) is 9.90. The smallest absolute Gasteiger partial charge is 0.272 e. The number of nitrogens with zero attached hydrogens (tertiary/aromatic N) is 3. The third kappa shape index (κ3) is 6.09. The van der Waals surface area contributed by atoms with Crippen LogP contribution in [0.3, 0.4) is 0 Å². The van der Waals surface area contributed by atoms with Crippen LogP contribution in [-0.2, 0) is 0 Å². The molecule has 3 aromatic rings. The summed E-state index contributed by atoms with van der Waals surface area (Å²) in [5, 5.41) is 3.33. The van der Waals surface area contributed by atoms with Gasteiger partial charge < -0.3 is 19.7 Å². The van der Waals surface area contributed by atoms with Gasteiger partial charge in [0.15, 0.2) is 0 Å². The zero-order chi connectivity index (χ0) is 20.8. The Morgan fingerprint density at radius 1 is 1.12 bits per heavy atom. The Morgan fingerprint density at radius 3 is 2.72 bits per heavy atom. The number of aromatic nitrogens is 2. The minimum Gasteiger partial charge on any atom is -0.497 e. The van der Waals surface area contributed by atoms with Gasteiger partial charge >= 0.3 is 0 Å². The summed E-state index contributed by atoms with van der Waals surface area (Å²) in [6.07, 6.45) is 3.37. The highest BCUT2D eigenvalue weighted by Gasteiger charge is 2.29. The minimum atomic E-state index is -0.0963. The number of hydrogen-bond acceptors (Lipinski definition) is 6. The van der Waals surface area contributed by atoms with Crippen molar-refractivity contribution < 1.29 is 14.3 Å². The van der Waals surface area contributed by atoms with Gasteiger partial charge in [-0.1, -0.05) is 18.2 Å². The van der Waals surface area contributed by atoms with Gasteiger partial charge in [0.05, 0.1) is 25.0 Å². The summed E-state index contributed by atoms with van der Waals surface area (Å²) in [7, 11) is 1.63. The second-order valence-electron chi connectivity index (χ2n) is 7.00. The van der Waals surface area contributed by atoms with E-state index in [2.05, 4.69) is 15.3 Å². The van der Waals surface area contributed by atoms with Crippen molar-refractivity contribution >= 4 is 30.7 Å². The Kier molecular flexibility index (Phi) is 9.71. The van der Waals surface area contributed by atoms with Crippen molar-refractivity contribution in [3.63, 3.8) is 0 Å². The van der Waals surface area contributed by atoms with Gasteiger partial charge in [-0.25, -0.2) is 4.98 Å². The van der Waals surface area contributed by atoms with Crippen molar-refractivity contribution in [1.29, 1.82) is 0 Å². The fourth-order valence-corrected chi connectivity index (χ4v) is 3.45. The number of amides is 1. The van der Waals surface area contributed by atoms with Crippen molar-refractivity contribution in [2.75, 3.05) is 33.4 Å². The average Bonchev–Trinajstić information content (AvgIpc) is 2.83. The number of benzene rings is 1. The maximum absolute atomic E-state index is 13.3. The molecule has 0 saturated carbocycles. The number of nitrogens with one attached hydrogen (secondary N) is 1. The Balaban J connectivity index is 0.00000181. The molecule has 1 aliphatic heterocycles. The summed E-state index contributed by atoms with van der Waals surface area (Å²) < 4.78 is 11.1. The molecule has 32 heavy (non-hydrogen) atoms. The van der Waals surface area contributed by atoms with Crippen LogP contribution in [-0.4, -0.2) is 60.2 Å². The maximum atomic E-state index is 13.3. The summed E-state index contributed by atoms with van der Waals surface area (Å²) in [5.41, 5.74) is 2.06. The second-order valence-corrected chi connectivity index (χ2v) is 7.00. The first kappa shape index (κ1) is 25.4. The fraction of sp³-hybridized carbons (Fsp3) is 0.261. The number of carbonyl (C=O) groups excluding carboxylic acids is 1. The van der Waals surface area contributed by atoms with Gasteiger partial charge in [0.2, 0.25) is 0 Å². The summed E-state index contributed by atoms with van der Waals surface area (Å²) in [5.74, 6) is 1.34. The van der Waals surface area contributed by atoms with E-state index in [-0.39, 0.29) is 36.8 Å². The maximum Gasteiger partial charge on any atom is 0.272 e. The zero-order valence-electron chi connectivity index (χ0n) is 17.6. The molecule has 3 heterocycles. The van der Waals surface area contributed by atoms with E-state index in [9.17, 15) is 4.79 Å². The summed E-state index contributed by atoms with van der Waals surface area (Å²) in [4.78, 5) is 23.8. The quantitative estimate of drug-likeness (QED) is 0.586. The Labute approximate surface area is 200 Å². The highest BCUT2D eigenvalue weighted by molar-refractivity contribution is 5.93. The molecule has 1 saturated heterocycles. The Hall–Kier alpha value is -2.87. The van der Waals surface area contributed by atoms with Crippen LogP contribution >= 0.6 is 24.8 Å². The van der Waals surface area contributed by atoms with Gasteiger partial charge in [-0.3, -0.25) is 9.78 Å². The lowest BCUT2D eigenvalue weighted by atomic mass is 10.1. The molecule has 2 aromatic heterocycles. The van der Waals surface area contributed by atoms with Gasteiger partial charge in [0.25, 0.3) is 5.91 Å². The standard InChI is InChI=1S/C23H24N4O3.2ClH/c1-29-19-6-2-5-17(13-19)21-8-3-9-22(26-21)23(28)27-12-11-25-14-18(27)16-30-20-7-4-10-24-15-20;;/h2-10,13,15,18,25H,11-12,14,16H2,1H3;2*1H. The van der Waals surface area contributed by atoms with E-state index in [1.54, 1.807) is 25.6 Å². The third-order valence-corrected chi connectivity index (χ3v) is 5.02. The van der Waals surface area contributed by atoms with E-state index in [0.717, 1.165) is 23.6 Å². The molecule has 1 fully saturated rings. The topological polar surface area (TPSA) is 76.6 Å². The number of ether oxygens (including phenoxy) is 2. The van der Waals surface area contributed by atoms with Gasteiger partial charge in [-0.15, -0.1) is 24.8 Å². The molecule has 1 aliphatic rings. The third-order valence-electron chi connectivity index (χ3n) is 5.02. The minimum absolute atomic E-state index is 0. The normalized spacial score (nSPS) is 15.2. The second kappa shape index (κ2) is 12.2. The fourth-order valence-electron chi connectivity index (χ4n) is 3.45. The number of rotatable bonds is 6. The van der Waals surface area contributed by atoms with Crippen LogP contribution < -0.4 is 14.8 Å². The largest absolute Gasteiger partial charge is 0.497 e. The molecule has 1 unspecified atom stereocenters. The lowest BCUT2D eigenvalue weighted by Gasteiger charge is -2.35. The molecule has 1 aromatic carbocycles. The predicted octanol–water partition coefficient (Wildman–Crippen LogP) is 3.49. The van der Waals surface area contributed by atoms with Crippen molar-refractivity contribution in [1.82, 2.24) is 20.2 Å². The SMILES string of the molecule is COc1cccc(-c2cccc(C(=O)N3CCNCC3COc3cccnc3)n2)c1.Cl.Cl. The van der Waals surface area contributed by atoms with E-state index < -0.39 is 0 Å². The van der Waals surface area contributed by atoms with Gasteiger partial charge in [0.1, 0.15) is 23.8 Å². The van der Waals surface area contributed by atoms with Crippen LogP contribution in [0, 0.1) is 0 Å². The van der Waals surface area contributed by atoms with Gasteiger partial charge in [0, 0.05) is 31.4 Å². The van der Waals surface area contributed by atoms with Crippen LogP contribution in [0.1, 0.15) is 10.5 Å². The first-order chi connectivity index (χ1) is 14.7. The Bertz CT molecular complexity index is 1010. The zero-order valence-corrected chi connectivity index (χ0v) is 19.3. The first-order valence-electron chi connectivity index (χ1n) is 9.90. The molecule has 0 radical (unpaired) electrons. The van der Waals surface area contributed by atoms with Gasteiger partial charge in [-0.05, 0) is 36.4 Å². The lowest BCUT2D eigenvalue weighted by molar-refractivity contribution is 0.0553. The summed E-state index contributed by atoms with van der Waals surface area (Å²) in [6, 6.07) is 16.8. The van der Waals surface area contributed by atoms with E-state index >= 15 is 0 Å². The Morgan fingerprint density at radius 2 is 1.94 bits per heavy atom. The van der Waals surface area contributed by atoms with E-state index in [1.807, 2.05) is 53.4 Å². The summed E-state index contributed by atoms with van der Waals surface area (Å²) in [6.45, 7) is 2.40. The van der Waals surface area contributed by atoms with Gasteiger partial charge in [-0.2, -0.15) is 0 Å². The summed E-state index contributed by atoms with van der Waals surface area (Å²) >= 11 is 0. The van der Waals surface area contributed by atoms with E-state index in [0.29, 0.717) is 31.1 Å². The molecule has 9 heteroatoms. The van der Waals surface area contributed by atoms with Crippen molar-refractivity contribution in [2.24, 2.45) is 0 Å². The average molecular weight is 477 g/mol. The van der Waals surface area contributed by atoms with Crippen molar-refractivity contribution in [3.8, 4) is 22.8 Å². The number of piperazine rings is 1. The monoisotopic (exact) mass is 476 g/mol. The molecule has 0 aliphatic carbocycles. The van der Waals surface area contributed by atoms with Crippen LogP contribution in [0.4, 0.5) is 0 Å². The number of halogens is 2. The molecule has 1 amide bonds. The highest BCUT2D eigenvalue weighted by atomic mass is 35.5. The number of pyridine rings is 2. The van der Waals surface area contributed by atoms with Crippen LogP contribution in [0.15, 0.2) is 67.0 Å². The van der Waals surface area contributed by atoms with Crippen LogP contribution in [0.2, 0.25) is 0 Å². The molecule has 1 N–H and O–H groups in total. The molecule has 0 spiro atoms. The van der Waals surface area contributed by atoms with Crippen LogP contribution in [0.25, 0.3) is 11.3 Å².